The fraction of sp³-hybridized carbons (Fsp3) is 0.200. The largest absolute Gasteiger partial charge is 0.326 e. The monoisotopic (exact) mass is 221 g/mol. The van der Waals surface area contributed by atoms with E-state index in [4.69, 9.17) is 5.73 Å². The zero-order chi connectivity index (χ0) is 10.8. The molecule has 5 heteroatoms. The predicted octanol–water partition coefficient (Wildman–Crippen LogP) is 1.10. The molecule has 2 aromatic heterocycles. The van der Waals surface area contributed by atoms with Gasteiger partial charge in [0.25, 0.3) is 5.56 Å². The van der Waals surface area contributed by atoms with Crippen LogP contribution >= 0.6 is 11.3 Å². The molecule has 0 radical (unpaired) electrons. The van der Waals surface area contributed by atoms with Gasteiger partial charge in [-0.2, -0.15) is 0 Å². The van der Waals surface area contributed by atoms with Crippen LogP contribution in [0.3, 0.4) is 0 Å². The Balaban J connectivity index is 2.67. The number of aromatic nitrogens is 2. The van der Waals surface area contributed by atoms with E-state index < -0.39 is 0 Å². The summed E-state index contributed by atoms with van der Waals surface area (Å²) in [4.78, 5) is 17.8. The summed E-state index contributed by atoms with van der Waals surface area (Å²) in [7, 11) is 0. The topological polar surface area (TPSA) is 60.9 Å². The highest BCUT2D eigenvalue weighted by molar-refractivity contribution is 7.18. The molecule has 0 saturated heterocycles. The lowest BCUT2D eigenvalue weighted by Crippen LogP contribution is -2.18. The summed E-state index contributed by atoms with van der Waals surface area (Å²) in [5, 5.41) is 0.643. The van der Waals surface area contributed by atoms with Crippen molar-refractivity contribution in [2.45, 2.75) is 13.1 Å². The SMILES string of the molecule is C=CCn1cnc2sc(CN)cc2c1=O. The second-order valence-corrected chi connectivity index (χ2v) is 4.24. The Kier molecular flexibility index (Phi) is 2.66. The minimum absolute atomic E-state index is 0.0316. The summed E-state index contributed by atoms with van der Waals surface area (Å²) >= 11 is 1.46. The molecular weight excluding hydrogens is 210 g/mol. The summed E-state index contributed by atoms with van der Waals surface area (Å²) < 4.78 is 1.53. The standard InChI is InChI=1S/C10H11N3OS/c1-2-3-13-6-12-9-8(10(13)14)4-7(5-11)15-9/h2,4,6H,1,3,5,11H2. The van der Waals surface area contributed by atoms with Gasteiger partial charge in [-0.05, 0) is 6.07 Å². The number of fused-ring (bicyclic) bond motifs is 1. The predicted molar refractivity (Wildman–Crippen MR) is 62.0 cm³/mol. The van der Waals surface area contributed by atoms with Crippen LogP contribution in [-0.2, 0) is 13.1 Å². The molecule has 2 heterocycles. The van der Waals surface area contributed by atoms with E-state index in [1.807, 2.05) is 6.07 Å². The van der Waals surface area contributed by atoms with Gasteiger partial charge in [-0.15, -0.1) is 17.9 Å². The van der Waals surface area contributed by atoms with Gasteiger partial charge in [0.1, 0.15) is 4.83 Å². The van der Waals surface area contributed by atoms with Gasteiger partial charge in [-0.25, -0.2) is 4.98 Å². The quantitative estimate of drug-likeness (QED) is 0.789. The first-order valence-electron chi connectivity index (χ1n) is 4.55. The third-order valence-electron chi connectivity index (χ3n) is 2.10. The molecule has 4 nitrogen and oxygen atoms in total. The minimum Gasteiger partial charge on any atom is -0.326 e. The number of hydrogen-bond acceptors (Lipinski definition) is 4. The zero-order valence-corrected chi connectivity index (χ0v) is 8.96. The second-order valence-electron chi connectivity index (χ2n) is 3.13. The summed E-state index contributed by atoms with van der Waals surface area (Å²) in [5.41, 5.74) is 5.49. The average molecular weight is 221 g/mol. The first-order chi connectivity index (χ1) is 7.26. The van der Waals surface area contributed by atoms with Crippen LogP contribution in [0.2, 0.25) is 0 Å². The molecule has 0 aliphatic carbocycles. The van der Waals surface area contributed by atoms with Gasteiger partial charge in [-0.1, -0.05) is 6.08 Å². The summed E-state index contributed by atoms with van der Waals surface area (Å²) in [6.07, 6.45) is 3.22. The molecule has 0 aliphatic rings. The van der Waals surface area contributed by atoms with Crippen LogP contribution in [0.1, 0.15) is 4.88 Å². The smallest absolute Gasteiger partial charge is 0.262 e. The number of thiophene rings is 1. The molecule has 0 unspecified atom stereocenters. The summed E-state index contributed by atoms with van der Waals surface area (Å²) in [6.45, 7) is 4.52. The van der Waals surface area contributed by atoms with Crippen molar-refractivity contribution >= 4 is 21.6 Å². The minimum atomic E-state index is -0.0316. The molecule has 0 fully saturated rings. The lowest BCUT2D eigenvalue weighted by Gasteiger charge is -1.99. The number of allylic oxidation sites excluding steroid dienone is 1. The van der Waals surface area contributed by atoms with Crippen LogP contribution in [0.5, 0.6) is 0 Å². The van der Waals surface area contributed by atoms with Crippen LogP contribution in [0.25, 0.3) is 10.2 Å². The Morgan fingerprint density at radius 2 is 2.47 bits per heavy atom. The first-order valence-corrected chi connectivity index (χ1v) is 5.36. The number of rotatable bonds is 3. The van der Waals surface area contributed by atoms with E-state index >= 15 is 0 Å². The third kappa shape index (κ3) is 1.71. The van der Waals surface area contributed by atoms with Crippen molar-refractivity contribution in [3.8, 4) is 0 Å². The number of nitrogens with zero attached hydrogens (tertiary/aromatic N) is 2. The number of hydrogen-bond donors (Lipinski definition) is 1. The molecular formula is C10H11N3OS. The van der Waals surface area contributed by atoms with Crippen LogP contribution in [0, 0.1) is 0 Å². The molecule has 0 bridgehead atoms. The van der Waals surface area contributed by atoms with E-state index in [0.29, 0.717) is 18.5 Å². The van der Waals surface area contributed by atoms with E-state index in [1.165, 1.54) is 15.9 Å². The van der Waals surface area contributed by atoms with Gasteiger partial charge in [0.15, 0.2) is 0 Å². The lowest BCUT2D eigenvalue weighted by atomic mass is 10.3. The van der Waals surface area contributed by atoms with Crippen molar-refractivity contribution in [2.24, 2.45) is 5.73 Å². The lowest BCUT2D eigenvalue weighted by molar-refractivity contribution is 0.769. The van der Waals surface area contributed by atoms with Gasteiger partial charge >= 0.3 is 0 Å². The maximum atomic E-state index is 11.9. The van der Waals surface area contributed by atoms with Crippen molar-refractivity contribution in [3.05, 3.63) is 40.3 Å². The molecule has 0 amide bonds. The zero-order valence-electron chi connectivity index (χ0n) is 8.14. The van der Waals surface area contributed by atoms with Crippen LogP contribution in [0.15, 0.2) is 29.8 Å². The Bertz CT molecular complexity index is 555. The van der Waals surface area contributed by atoms with Gasteiger partial charge < -0.3 is 5.73 Å². The summed E-state index contributed by atoms with van der Waals surface area (Å²) in [5.74, 6) is 0. The molecule has 0 spiro atoms. The van der Waals surface area contributed by atoms with Gasteiger partial charge in [0.2, 0.25) is 0 Å². The molecule has 0 aromatic carbocycles. The van der Waals surface area contributed by atoms with Gasteiger partial charge in [-0.3, -0.25) is 9.36 Å². The normalized spacial score (nSPS) is 10.7. The Labute approximate surface area is 90.7 Å². The van der Waals surface area contributed by atoms with E-state index in [0.717, 1.165) is 9.71 Å². The van der Waals surface area contributed by atoms with Crippen molar-refractivity contribution in [1.82, 2.24) is 9.55 Å². The molecule has 2 N–H and O–H groups in total. The van der Waals surface area contributed by atoms with Crippen molar-refractivity contribution < 1.29 is 0 Å². The van der Waals surface area contributed by atoms with Crippen LogP contribution in [-0.4, -0.2) is 9.55 Å². The molecule has 0 aliphatic heterocycles. The third-order valence-corrected chi connectivity index (χ3v) is 3.16. The molecule has 15 heavy (non-hydrogen) atoms. The highest BCUT2D eigenvalue weighted by Crippen LogP contribution is 2.19. The van der Waals surface area contributed by atoms with Crippen molar-refractivity contribution in [1.29, 1.82) is 0 Å². The Morgan fingerprint density at radius 1 is 1.67 bits per heavy atom. The van der Waals surface area contributed by atoms with Gasteiger partial charge in [0, 0.05) is 18.0 Å². The fourth-order valence-corrected chi connectivity index (χ4v) is 2.24. The molecule has 0 atom stereocenters. The fourth-order valence-electron chi connectivity index (χ4n) is 1.38. The second kappa shape index (κ2) is 3.96. The maximum absolute atomic E-state index is 11.9. The van der Waals surface area contributed by atoms with Crippen LogP contribution < -0.4 is 11.3 Å². The molecule has 2 aromatic rings. The summed E-state index contributed by atoms with van der Waals surface area (Å²) in [6, 6.07) is 1.81. The van der Waals surface area contributed by atoms with E-state index in [1.54, 1.807) is 12.4 Å². The molecule has 78 valence electrons. The maximum Gasteiger partial charge on any atom is 0.262 e. The van der Waals surface area contributed by atoms with Gasteiger partial charge in [0.05, 0.1) is 11.7 Å². The van der Waals surface area contributed by atoms with Crippen molar-refractivity contribution in [3.63, 3.8) is 0 Å². The average Bonchev–Trinajstić information content (AvgIpc) is 2.66. The highest BCUT2D eigenvalue weighted by Gasteiger charge is 2.07. The Hall–Kier alpha value is -1.46. The van der Waals surface area contributed by atoms with E-state index in [-0.39, 0.29) is 5.56 Å². The highest BCUT2D eigenvalue weighted by atomic mass is 32.1. The Morgan fingerprint density at radius 3 is 3.13 bits per heavy atom. The molecule has 2 rings (SSSR count). The first kappa shape index (κ1) is 10.1. The van der Waals surface area contributed by atoms with E-state index in [9.17, 15) is 4.79 Å². The van der Waals surface area contributed by atoms with Crippen molar-refractivity contribution in [2.75, 3.05) is 0 Å². The van der Waals surface area contributed by atoms with Crippen LogP contribution in [0.4, 0.5) is 0 Å². The molecule has 0 saturated carbocycles. The van der Waals surface area contributed by atoms with E-state index in [2.05, 4.69) is 11.6 Å². The number of nitrogens with two attached hydrogens (primary N) is 1.